The second kappa shape index (κ2) is 7.60. The van der Waals surface area contributed by atoms with Gasteiger partial charge < -0.3 is 10.3 Å². The van der Waals surface area contributed by atoms with Crippen LogP contribution in [0.5, 0.6) is 0 Å². The molecule has 7 nitrogen and oxygen atoms in total. The third-order valence-electron chi connectivity index (χ3n) is 6.21. The summed E-state index contributed by atoms with van der Waals surface area (Å²) >= 11 is 0. The standard InChI is InChI=1S/C22H23FN6O/c1-13(15-7-14-3-2-4-17(28-14)22(15)23)18-10-26-19(11-25-18)16-9-27-21(8-20(16)30)29-6-5-24-12-29/h5-6,8-12,14-15,17,22,28H,1-4,7H2,(H,27,30)/t14-,15+,17+,22+/m1/s1. The molecule has 0 radical (unpaired) electrons. The van der Waals surface area contributed by atoms with E-state index in [0.29, 0.717) is 34.4 Å². The number of hydrogen-bond donors (Lipinski definition) is 2. The highest BCUT2D eigenvalue weighted by atomic mass is 19.1. The average molecular weight is 406 g/mol. The number of aromatic nitrogens is 5. The van der Waals surface area contributed by atoms with Gasteiger partial charge in [0.15, 0.2) is 5.43 Å². The third-order valence-corrected chi connectivity index (χ3v) is 6.21. The van der Waals surface area contributed by atoms with E-state index in [-0.39, 0.29) is 17.4 Å². The van der Waals surface area contributed by atoms with Crippen LogP contribution in [0.4, 0.5) is 4.39 Å². The molecule has 0 spiro atoms. The third kappa shape index (κ3) is 3.37. The van der Waals surface area contributed by atoms with Gasteiger partial charge in [0.05, 0.1) is 29.3 Å². The lowest BCUT2D eigenvalue weighted by Crippen LogP contribution is -2.55. The zero-order valence-electron chi connectivity index (χ0n) is 16.5. The number of rotatable bonds is 4. The average Bonchev–Trinajstić information content (AvgIpc) is 3.31. The number of piperidine rings is 2. The van der Waals surface area contributed by atoms with E-state index in [1.54, 1.807) is 41.9 Å². The summed E-state index contributed by atoms with van der Waals surface area (Å²) in [5.41, 5.74) is 1.97. The minimum atomic E-state index is -0.964. The molecule has 30 heavy (non-hydrogen) atoms. The molecule has 2 N–H and O–H groups in total. The van der Waals surface area contributed by atoms with E-state index in [1.165, 1.54) is 6.07 Å². The number of halogens is 1. The molecule has 2 fully saturated rings. The first-order chi connectivity index (χ1) is 14.6. The molecule has 4 atom stereocenters. The van der Waals surface area contributed by atoms with Crippen LogP contribution in [0.1, 0.15) is 31.4 Å². The van der Waals surface area contributed by atoms with Gasteiger partial charge in [0, 0.05) is 42.7 Å². The Kier molecular flexibility index (Phi) is 4.78. The SMILES string of the molecule is C=C(c1cnc(-c2c[nH]c(-n3ccnc3)cc2=O)cn1)[C@@H]1C[C@H]2CCC[C@H](N2)[C@H]1F. The normalized spacial score (nSPS) is 25.8. The number of nitrogens with zero attached hydrogens (tertiary/aromatic N) is 4. The molecule has 5 heterocycles. The van der Waals surface area contributed by atoms with Crippen molar-refractivity contribution in [2.75, 3.05) is 0 Å². The van der Waals surface area contributed by atoms with Crippen LogP contribution in [0.2, 0.25) is 0 Å². The Morgan fingerprint density at radius 1 is 1.27 bits per heavy atom. The maximum Gasteiger partial charge on any atom is 0.193 e. The van der Waals surface area contributed by atoms with Gasteiger partial charge in [-0.25, -0.2) is 9.37 Å². The molecule has 2 bridgehead atoms. The van der Waals surface area contributed by atoms with E-state index in [9.17, 15) is 9.18 Å². The lowest BCUT2D eigenvalue weighted by Gasteiger charge is -2.43. The molecule has 0 aromatic carbocycles. The van der Waals surface area contributed by atoms with Crippen LogP contribution in [0.3, 0.4) is 0 Å². The molecular formula is C22H23FN6O. The smallest absolute Gasteiger partial charge is 0.193 e. The van der Waals surface area contributed by atoms with Crippen molar-refractivity contribution in [3.63, 3.8) is 0 Å². The summed E-state index contributed by atoms with van der Waals surface area (Å²) in [4.78, 5) is 28.5. The Morgan fingerprint density at radius 3 is 2.90 bits per heavy atom. The van der Waals surface area contributed by atoms with E-state index in [4.69, 9.17) is 0 Å². The second-order valence-corrected chi connectivity index (χ2v) is 8.07. The van der Waals surface area contributed by atoms with E-state index < -0.39 is 6.17 Å². The van der Waals surface area contributed by atoms with E-state index >= 15 is 0 Å². The summed E-state index contributed by atoms with van der Waals surface area (Å²) in [7, 11) is 0. The number of H-pyrrole nitrogens is 1. The molecule has 2 aliphatic rings. The molecule has 2 saturated heterocycles. The van der Waals surface area contributed by atoms with Crippen molar-refractivity contribution in [2.24, 2.45) is 5.92 Å². The highest BCUT2D eigenvalue weighted by Gasteiger charge is 2.41. The van der Waals surface area contributed by atoms with Crippen molar-refractivity contribution in [3.05, 3.63) is 65.9 Å². The molecule has 154 valence electrons. The van der Waals surface area contributed by atoms with Crippen molar-refractivity contribution in [1.82, 2.24) is 29.8 Å². The van der Waals surface area contributed by atoms with Crippen LogP contribution in [0.25, 0.3) is 22.6 Å². The topological polar surface area (TPSA) is 88.5 Å². The summed E-state index contributed by atoms with van der Waals surface area (Å²) < 4.78 is 16.7. The van der Waals surface area contributed by atoms with Gasteiger partial charge in [0.2, 0.25) is 0 Å². The van der Waals surface area contributed by atoms with Gasteiger partial charge in [0.1, 0.15) is 18.3 Å². The number of nitrogens with one attached hydrogen (secondary N) is 2. The quantitative estimate of drug-likeness (QED) is 0.696. The molecule has 0 unspecified atom stereocenters. The van der Waals surface area contributed by atoms with Crippen molar-refractivity contribution in [2.45, 2.75) is 43.9 Å². The first-order valence-corrected chi connectivity index (χ1v) is 10.2. The van der Waals surface area contributed by atoms with Crippen molar-refractivity contribution in [1.29, 1.82) is 0 Å². The molecule has 0 amide bonds. The number of alkyl halides is 1. The molecule has 5 rings (SSSR count). The zero-order chi connectivity index (χ0) is 20.7. The van der Waals surface area contributed by atoms with Gasteiger partial charge in [-0.3, -0.25) is 19.3 Å². The monoisotopic (exact) mass is 406 g/mol. The summed E-state index contributed by atoms with van der Waals surface area (Å²) in [6, 6.07) is 1.74. The maximum atomic E-state index is 15.0. The Morgan fingerprint density at radius 2 is 2.17 bits per heavy atom. The Bertz CT molecular complexity index is 1110. The number of allylic oxidation sites excluding steroid dienone is 1. The van der Waals surface area contributed by atoms with Crippen LogP contribution in [-0.4, -0.2) is 42.8 Å². The number of imidazole rings is 1. The van der Waals surface area contributed by atoms with Gasteiger partial charge in [-0.05, 0) is 24.8 Å². The predicted molar refractivity (Wildman–Crippen MR) is 112 cm³/mol. The van der Waals surface area contributed by atoms with Crippen molar-refractivity contribution in [3.8, 4) is 17.1 Å². The highest BCUT2D eigenvalue weighted by molar-refractivity contribution is 5.64. The van der Waals surface area contributed by atoms with Crippen LogP contribution in [-0.2, 0) is 0 Å². The van der Waals surface area contributed by atoms with Gasteiger partial charge in [-0.1, -0.05) is 13.0 Å². The van der Waals surface area contributed by atoms with Crippen LogP contribution >= 0.6 is 0 Å². The van der Waals surface area contributed by atoms with Crippen molar-refractivity contribution >= 4 is 5.57 Å². The molecule has 3 aromatic rings. The number of aromatic amines is 1. The number of pyridine rings is 1. The van der Waals surface area contributed by atoms with Crippen LogP contribution < -0.4 is 10.7 Å². The molecule has 3 aromatic heterocycles. The minimum absolute atomic E-state index is 0.0981. The Balaban J connectivity index is 1.37. The highest BCUT2D eigenvalue weighted by Crippen LogP contribution is 2.38. The fourth-order valence-electron chi connectivity index (χ4n) is 4.58. The summed E-state index contributed by atoms with van der Waals surface area (Å²) in [5.74, 6) is 0.365. The van der Waals surface area contributed by atoms with E-state index in [1.807, 2.05) is 0 Å². The van der Waals surface area contributed by atoms with Crippen LogP contribution in [0, 0.1) is 5.92 Å². The molecule has 2 aliphatic heterocycles. The van der Waals surface area contributed by atoms with Gasteiger partial charge in [-0.2, -0.15) is 0 Å². The molecule has 0 aliphatic carbocycles. The van der Waals surface area contributed by atoms with Crippen molar-refractivity contribution < 1.29 is 4.39 Å². The summed E-state index contributed by atoms with van der Waals surface area (Å²) in [6.07, 6.45) is 12.5. The first-order valence-electron chi connectivity index (χ1n) is 10.2. The Labute approximate surface area is 173 Å². The fraction of sp³-hybridized carbons (Fsp3) is 0.364. The largest absolute Gasteiger partial charge is 0.347 e. The van der Waals surface area contributed by atoms with Gasteiger partial charge >= 0.3 is 0 Å². The minimum Gasteiger partial charge on any atom is -0.347 e. The molecular weight excluding hydrogens is 383 g/mol. The van der Waals surface area contributed by atoms with E-state index in [0.717, 1.165) is 25.7 Å². The van der Waals surface area contributed by atoms with Gasteiger partial charge in [-0.15, -0.1) is 0 Å². The van der Waals surface area contributed by atoms with E-state index in [2.05, 4.69) is 31.8 Å². The Hall–Kier alpha value is -3.13. The molecule has 8 heteroatoms. The lowest BCUT2D eigenvalue weighted by atomic mass is 9.75. The first kappa shape index (κ1) is 18.9. The molecule has 0 saturated carbocycles. The summed E-state index contributed by atoms with van der Waals surface area (Å²) in [5, 5.41) is 3.39. The zero-order valence-corrected chi connectivity index (χ0v) is 16.5. The second-order valence-electron chi connectivity index (χ2n) is 8.07. The summed E-state index contributed by atoms with van der Waals surface area (Å²) in [6.45, 7) is 4.14. The predicted octanol–water partition coefficient (Wildman–Crippen LogP) is 2.90. The van der Waals surface area contributed by atoms with Gasteiger partial charge in [0.25, 0.3) is 0 Å². The fourth-order valence-corrected chi connectivity index (χ4v) is 4.58. The van der Waals surface area contributed by atoms with Crippen LogP contribution in [0.15, 0.2) is 54.8 Å². The number of fused-ring (bicyclic) bond motifs is 2. The lowest BCUT2D eigenvalue weighted by molar-refractivity contribution is 0.0982. The number of hydrogen-bond acceptors (Lipinski definition) is 5. The maximum absolute atomic E-state index is 15.0.